The van der Waals surface area contributed by atoms with Crippen LogP contribution >= 0.6 is 0 Å². The summed E-state index contributed by atoms with van der Waals surface area (Å²) in [6.45, 7) is 0.581. The highest BCUT2D eigenvalue weighted by Crippen LogP contribution is 2.27. The summed E-state index contributed by atoms with van der Waals surface area (Å²) in [4.78, 5) is 4.38. The van der Waals surface area contributed by atoms with E-state index in [1.54, 1.807) is 0 Å². The number of pyridine rings is 1. The van der Waals surface area contributed by atoms with Gasteiger partial charge in [-0.05, 0) is 28.8 Å². The van der Waals surface area contributed by atoms with Crippen molar-refractivity contribution in [2.24, 2.45) is 5.73 Å². The maximum Gasteiger partial charge on any atom is 0.0708 e. The molecule has 0 atom stereocenters. The number of fused-ring (bicyclic) bond motifs is 1. The fourth-order valence-corrected chi connectivity index (χ4v) is 2.17. The van der Waals surface area contributed by atoms with Crippen molar-refractivity contribution in [3.8, 4) is 11.1 Å². The minimum absolute atomic E-state index is 0.581. The van der Waals surface area contributed by atoms with Gasteiger partial charge >= 0.3 is 0 Å². The molecule has 0 fully saturated rings. The first-order valence-corrected chi connectivity index (χ1v) is 6.01. The number of para-hydroxylation sites is 1. The molecule has 0 amide bonds. The molecular formula is C16H14N2. The molecule has 2 nitrogen and oxygen atoms in total. The second kappa shape index (κ2) is 4.59. The first-order chi connectivity index (χ1) is 8.88. The molecule has 0 aliphatic carbocycles. The summed E-state index contributed by atoms with van der Waals surface area (Å²) in [5.41, 5.74) is 10.2. The molecule has 0 aliphatic heterocycles. The quantitative estimate of drug-likeness (QED) is 0.738. The van der Waals surface area contributed by atoms with Crippen molar-refractivity contribution >= 4 is 10.9 Å². The Labute approximate surface area is 106 Å². The molecule has 88 valence electrons. The third-order valence-corrected chi connectivity index (χ3v) is 3.15. The van der Waals surface area contributed by atoms with E-state index in [4.69, 9.17) is 5.73 Å². The Morgan fingerprint density at radius 1 is 0.889 bits per heavy atom. The monoisotopic (exact) mass is 234 g/mol. The summed E-state index contributed by atoms with van der Waals surface area (Å²) >= 11 is 0. The van der Waals surface area contributed by atoms with Crippen molar-refractivity contribution in [2.75, 3.05) is 0 Å². The fraction of sp³-hybridized carbons (Fsp3) is 0.0625. The van der Waals surface area contributed by atoms with Gasteiger partial charge in [0.05, 0.1) is 5.52 Å². The van der Waals surface area contributed by atoms with Gasteiger partial charge < -0.3 is 5.73 Å². The van der Waals surface area contributed by atoms with Crippen molar-refractivity contribution < 1.29 is 0 Å². The Balaban J connectivity index is 2.18. The SMILES string of the molecule is NCc1ccc(-c2ccnc3ccccc23)cc1. The second-order valence-corrected chi connectivity index (χ2v) is 4.28. The first kappa shape index (κ1) is 10.9. The molecule has 0 radical (unpaired) electrons. The number of hydrogen-bond donors (Lipinski definition) is 1. The zero-order chi connectivity index (χ0) is 12.4. The van der Waals surface area contributed by atoms with Gasteiger partial charge in [0.15, 0.2) is 0 Å². The zero-order valence-corrected chi connectivity index (χ0v) is 10.0. The molecule has 0 aliphatic rings. The number of aromatic nitrogens is 1. The molecule has 3 aromatic rings. The Hall–Kier alpha value is -2.19. The van der Waals surface area contributed by atoms with Crippen molar-refractivity contribution in [3.63, 3.8) is 0 Å². The van der Waals surface area contributed by atoms with Gasteiger partial charge in [-0.3, -0.25) is 4.98 Å². The lowest BCUT2D eigenvalue weighted by Gasteiger charge is -2.06. The van der Waals surface area contributed by atoms with Gasteiger partial charge in [-0.15, -0.1) is 0 Å². The van der Waals surface area contributed by atoms with Gasteiger partial charge in [-0.2, -0.15) is 0 Å². The minimum Gasteiger partial charge on any atom is -0.326 e. The van der Waals surface area contributed by atoms with Crippen LogP contribution in [0.2, 0.25) is 0 Å². The summed E-state index contributed by atoms with van der Waals surface area (Å²) in [7, 11) is 0. The number of benzene rings is 2. The van der Waals surface area contributed by atoms with Crippen molar-refractivity contribution in [1.82, 2.24) is 4.98 Å². The lowest BCUT2D eigenvalue weighted by molar-refractivity contribution is 1.07. The smallest absolute Gasteiger partial charge is 0.0708 e. The minimum atomic E-state index is 0.581. The third kappa shape index (κ3) is 1.87. The molecule has 0 saturated heterocycles. The first-order valence-electron chi connectivity index (χ1n) is 6.01. The van der Waals surface area contributed by atoms with E-state index in [-0.39, 0.29) is 0 Å². The summed E-state index contributed by atoms with van der Waals surface area (Å²) in [6, 6.07) is 18.6. The summed E-state index contributed by atoms with van der Waals surface area (Å²) in [6.07, 6.45) is 1.86. The highest BCUT2D eigenvalue weighted by molar-refractivity contribution is 5.94. The van der Waals surface area contributed by atoms with Crippen LogP contribution in [0.3, 0.4) is 0 Å². The van der Waals surface area contributed by atoms with Crippen LogP contribution < -0.4 is 5.73 Å². The van der Waals surface area contributed by atoms with E-state index in [9.17, 15) is 0 Å². The average Bonchev–Trinajstić information content (AvgIpc) is 2.47. The maximum atomic E-state index is 5.62. The molecule has 2 aromatic carbocycles. The Bertz CT molecular complexity index is 667. The normalized spacial score (nSPS) is 10.7. The number of nitrogens with two attached hydrogens (primary N) is 1. The fourth-order valence-electron chi connectivity index (χ4n) is 2.17. The second-order valence-electron chi connectivity index (χ2n) is 4.28. The van der Waals surface area contributed by atoms with E-state index in [0.717, 1.165) is 11.1 Å². The van der Waals surface area contributed by atoms with Gasteiger partial charge in [0.1, 0.15) is 0 Å². The van der Waals surface area contributed by atoms with E-state index in [1.807, 2.05) is 24.4 Å². The lowest BCUT2D eigenvalue weighted by atomic mass is 10.0. The molecule has 0 unspecified atom stereocenters. The molecule has 3 rings (SSSR count). The Morgan fingerprint density at radius 2 is 1.67 bits per heavy atom. The summed E-state index contributed by atoms with van der Waals surface area (Å²) in [5, 5.41) is 1.18. The third-order valence-electron chi connectivity index (χ3n) is 3.15. The van der Waals surface area contributed by atoms with Crippen LogP contribution in [0.5, 0.6) is 0 Å². The van der Waals surface area contributed by atoms with Gasteiger partial charge in [-0.1, -0.05) is 42.5 Å². The molecule has 2 N–H and O–H groups in total. The molecule has 1 aromatic heterocycles. The predicted octanol–water partition coefficient (Wildman–Crippen LogP) is 3.36. The summed E-state index contributed by atoms with van der Waals surface area (Å²) in [5.74, 6) is 0. The van der Waals surface area contributed by atoms with E-state index in [1.165, 1.54) is 16.5 Å². The average molecular weight is 234 g/mol. The van der Waals surface area contributed by atoms with Gasteiger partial charge in [-0.25, -0.2) is 0 Å². The maximum absolute atomic E-state index is 5.62. The van der Waals surface area contributed by atoms with E-state index < -0.39 is 0 Å². The van der Waals surface area contributed by atoms with E-state index >= 15 is 0 Å². The van der Waals surface area contributed by atoms with Crippen molar-refractivity contribution in [1.29, 1.82) is 0 Å². The van der Waals surface area contributed by atoms with Crippen LogP contribution in [0.4, 0.5) is 0 Å². The van der Waals surface area contributed by atoms with Crippen molar-refractivity contribution in [2.45, 2.75) is 6.54 Å². The molecule has 0 spiro atoms. The van der Waals surface area contributed by atoms with Gasteiger partial charge in [0, 0.05) is 18.1 Å². The van der Waals surface area contributed by atoms with Crippen LogP contribution in [-0.2, 0) is 6.54 Å². The van der Waals surface area contributed by atoms with E-state index in [2.05, 4.69) is 41.4 Å². The van der Waals surface area contributed by atoms with Gasteiger partial charge in [0.25, 0.3) is 0 Å². The van der Waals surface area contributed by atoms with Crippen LogP contribution in [0.1, 0.15) is 5.56 Å². The topological polar surface area (TPSA) is 38.9 Å². The molecule has 1 heterocycles. The molecule has 2 heteroatoms. The van der Waals surface area contributed by atoms with Crippen LogP contribution in [-0.4, -0.2) is 4.98 Å². The van der Waals surface area contributed by atoms with Crippen molar-refractivity contribution in [3.05, 3.63) is 66.4 Å². The number of hydrogen-bond acceptors (Lipinski definition) is 2. The molecule has 0 saturated carbocycles. The highest BCUT2D eigenvalue weighted by Gasteiger charge is 2.03. The van der Waals surface area contributed by atoms with Crippen LogP contribution in [0, 0.1) is 0 Å². The molecule has 0 bridgehead atoms. The van der Waals surface area contributed by atoms with Gasteiger partial charge in [0.2, 0.25) is 0 Å². The number of rotatable bonds is 2. The Kier molecular flexibility index (Phi) is 2.79. The predicted molar refractivity (Wildman–Crippen MR) is 75.1 cm³/mol. The lowest BCUT2D eigenvalue weighted by Crippen LogP contribution is -1.95. The number of nitrogens with zero attached hydrogens (tertiary/aromatic N) is 1. The standard InChI is InChI=1S/C16H14N2/c17-11-12-5-7-13(8-6-12)14-9-10-18-16-4-2-1-3-15(14)16/h1-10H,11,17H2. The largest absolute Gasteiger partial charge is 0.326 e. The molecule has 18 heavy (non-hydrogen) atoms. The Morgan fingerprint density at radius 3 is 2.44 bits per heavy atom. The van der Waals surface area contributed by atoms with Crippen LogP contribution in [0.25, 0.3) is 22.0 Å². The van der Waals surface area contributed by atoms with E-state index in [0.29, 0.717) is 6.54 Å². The highest BCUT2D eigenvalue weighted by atomic mass is 14.6. The molecular weight excluding hydrogens is 220 g/mol. The zero-order valence-electron chi connectivity index (χ0n) is 10.0. The summed E-state index contributed by atoms with van der Waals surface area (Å²) < 4.78 is 0. The van der Waals surface area contributed by atoms with Crippen LogP contribution in [0.15, 0.2) is 60.8 Å².